The number of aromatic nitrogens is 6. The molecular weight excluding hydrogens is 908 g/mol. The molecule has 0 aliphatic heterocycles. The first kappa shape index (κ1) is 45.7. The van der Waals surface area contributed by atoms with Crippen molar-refractivity contribution in [2.75, 3.05) is 19.5 Å². The molecule has 13 nitrogen and oxygen atoms in total. The summed E-state index contributed by atoms with van der Waals surface area (Å²) in [5.74, 6) is 1.09. The summed E-state index contributed by atoms with van der Waals surface area (Å²) < 4.78 is 52.8. The Labute approximate surface area is 389 Å². The van der Waals surface area contributed by atoms with Crippen LogP contribution in [0, 0.1) is 6.92 Å². The van der Waals surface area contributed by atoms with E-state index < -0.39 is 23.0 Å². The molecule has 0 atom stereocenters. The predicted molar refractivity (Wildman–Crippen MR) is 252 cm³/mol. The summed E-state index contributed by atoms with van der Waals surface area (Å²) in [5.41, 5.74) is 3.55. The van der Waals surface area contributed by atoms with Crippen LogP contribution in [0.3, 0.4) is 0 Å². The third-order valence-electron chi connectivity index (χ3n) is 10.5. The molecule has 338 valence electrons. The first-order valence-corrected chi connectivity index (χ1v) is 21.1. The molecule has 9 aromatic rings. The number of hydrogen-bond acceptors (Lipinski definition) is 10. The Morgan fingerprint density at radius 3 is 1.99 bits per heavy atom. The highest BCUT2D eigenvalue weighted by Gasteiger charge is 2.31. The van der Waals surface area contributed by atoms with Gasteiger partial charge in [-0.05, 0) is 102 Å². The molecule has 9 rings (SSSR count). The number of pyridine rings is 4. The van der Waals surface area contributed by atoms with E-state index in [1.165, 1.54) is 31.5 Å². The minimum absolute atomic E-state index is 0.00258. The van der Waals surface area contributed by atoms with Crippen LogP contribution in [0.25, 0.3) is 38.7 Å². The lowest BCUT2D eigenvalue weighted by molar-refractivity contribution is -0.137. The second kappa shape index (κ2) is 19.3. The minimum atomic E-state index is -4.64. The zero-order valence-corrected chi connectivity index (χ0v) is 37.2. The van der Waals surface area contributed by atoms with Crippen molar-refractivity contribution in [1.29, 1.82) is 0 Å². The second-order valence-corrected chi connectivity index (χ2v) is 15.8. The van der Waals surface area contributed by atoms with Crippen LogP contribution >= 0.6 is 23.2 Å². The average Bonchev–Trinajstić information content (AvgIpc) is 3.32. The van der Waals surface area contributed by atoms with Gasteiger partial charge in [-0.15, -0.1) is 0 Å². The number of aryl methyl sites for hydroxylation is 1. The lowest BCUT2D eigenvalue weighted by Gasteiger charge is -2.17. The number of alkyl halides is 3. The number of methoxy groups -OCH3 is 2. The van der Waals surface area contributed by atoms with Gasteiger partial charge in [0, 0.05) is 24.6 Å². The van der Waals surface area contributed by atoms with Crippen molar-refractivity contribution in [1.82, 2.24) is 34.4 Å². The van der Waals surface area contributed by atoms with Gasteiger partial charge < -0.3 is 20.1 Å². The maximum atomic E-state index is 13.8. The number of carbonyl (C=O) groups excluding carboxylic acids is 1. The van der Waals surface area contributed by atoms with E-state index in [2.05, 4.69) is 30.6 Å². The highest BCUT2D eigenvalue weighted by molar-refractivity contribution is 6.30. The fourth-order valence-corrected chi connectivity index (χ4v) is 7.50. The zero-order valence-electron chi connectivity index (χ0n) is 35.7. The van der Waals surface area contributed by atoms with E-state index in [-0.39, 0.29) is 39.7 Å². The third-order valence-corrected chi connectivity index (χ3v) is 10.9. The third kappa shape index (κ3) is 10.0. The van der Waals surface area contributed by atoms with E-state index in [0.29, 0.717) is 50.8 Å². The van der Waals surface area contributed by atoms with E-state index >= 15 is 0 Å². The Morgan fingerprint density at radius 1 is 0.731 bits per heavy atom. The number of nitrogens with one attached hydrogen (secondary N) is 2. The number of nitrogens with zero attached hydrogens (tertiary/aromatic N) is 6. The molecule has 0 fully saturated rings. The summed E-state index contributed by atoms with van der Waals surface area (Å²) in [6.45, 7) is 2.25. The number of anilines is 2. The molecule has 18 heteroatoms. The summed E-state index contributed by atoms with van der Waals surface area (Å²) in [4.78, 5) is 57.6. The van der Waals surface area contributed by atoms with Gasteiger partial charge in [0.25, 0.3) is 11.5 Å². The van der Waals surface area contributed by atoms with Crippen LogP contribution < -0.4 is 31.4 Å². The monoisotopic (exact) mass is 944 g/mol. The standard InChI is InChI=1S/C25H16ClF3N4O3.C24H21ClN4O2/c1-36-17-7-5-14(6-8-17)13-32-23(34)18-12-30-19-9-10-20(26)31-21(19)22(18)33(24(32)35)16-4-2-3-15(11-16)25(27,28)29;1-15-4-3-5-17(12-15)28-22-19(14-26-20-10-11-21(25)29-23(20)22)24(30)27-13-16-6-8-18(31-2)9-7-16/h2-12H,13H2,1H3;3-12,14H,13H2,1-2H3,(H,26,28)(H,27,30). The highest BCUT2D eigenvalue weighted by Crippen LogP contribution is 2.32. The van der Waals surface area contributed by atoms with Crippen LogP contribution in [0.1, 0.15) is 32.6 Å². The SMILES string of the molecule is COc1ccc(CNC(=O)c2cnc3ccc(Cl)nc3c2Nc2cccc(C)c2)cc1.COc1ccc(Cn2c(=O)c3cnc4ccc(Cl)nc4c3n(-c3cccc(C(F)(F)F)c3)c2=O)cc1. The smallest absolute Gasteiger partial charge is 0.416 e. The number of halogens is 5. The van der Waals surface area contributed by atoms with Crippen LogP contribution in [-0.4, -0.2) is 49.2 Å². The maximum absolute atomic E-state index is 13.8. The molecule has 67 heavy (non-hydrogen) atoms. The van der Waals surface area contributed by atoms with E-state index in [1.54, 1.807) is 55.8 Å². The highest BCUT2D eigenvalue weighted by atomic mass is 35.5. The Balaban J connectivity index is 0.000000184. The second-order valence-electron chi connectivity index (χ2n) is 15.0. The molecule has 2 N–H and O–H groups in total. The van der Waals surface area contributed by atoms with E-state index in [4.69, 9.17) is 32.7 Å². The number of rotatable bonds is 10. The summed E-state index contributed by atoms with van der Waals surface area (Å²) in [7, 11) is 3.13. The van der Waals surface area contributed by atoms with Gasteiger partial charge in [-0.2, -0.15) is 13.2 Å². The van der Waals surface area contributed by atoms with Crippen LogP contribution in [0.5, 0.6) is 11.5 Å². The quantitative estimate of drug-likeness (QED) is 0.100. The summed E-state index contributed by atoms with van der Waals surface area (Å²) >= 11 is 12.2. The van der Waals surface area contributed by atoms with Crippen molar-refractivity contribution in [3.8, 4) is 17.2 Å². The van der Waals surface area contributed by atoms with Crippen molar-refractivity contribution in [2.45, 2.75) is 26.2 Å². The molecule has 0 radical (unpaired) electrons. The molecule has 5 heterocycles. The number of benzene rings is 4. The Morgan fingerprint density at radius 2 is 1.34 bits per heavy atom. The lowest BCUT2D eigenvalue weighted by Crippen LogP contribution is -2.40. The molecule has 5 aromatic heterocycles. The van der Waals surface area contributed by atoms with Gasteiger partial charge in [-0.3, -0.25) is 28.7 Å². The van der Waals surface area contributed by atoms with Crippen molar-refractivity contribution in [3.05, 3.63) is 193 Å². The molecule has 1 amide bonds. The molecule has 4 aromatic carbocycles. The molecule has 0 aliphatic rings. The number of hydrogen-bond donors (Lipinski definition) is 2. The number of fused-ring (bicyclic) bond motifs is 4. The number of ether oxygens (including phenoxy) is 2. The largest absolute Gasteiger partial charge is 0.497 e. The van der Waals surface area contributed by atoms with Gasteiger partial charge in [-0.25, -0.2) is 14.8 Å². The first-order valence-electron chi connectivity index (χ1n) is 20.3. The number of carbonyl (C=O) groups is 1. The Kier molecular flexibility index (Phi) is 13.2. The van der Waals surface area contributed by atoms with Gasteiger partial charge in [-0.1, -0.05) is 65.7 Å². The normalized spacial score (nSPS) is 11.3. The zero-order chi connectivity index (χ0) is 47.4. The summed E-state index contributed by atoms with van der Waals surface area (Å²) in [6, 6.07) is 32.9. The predicted octanol–water partition coefficient (Wildman–Crippen LogP) is 10.1. The van der Waals surface area contributed by atoms with Crippen molar-refractivity contribution in [2.24, 2.45) is 0 Å². The van der Waals surface area contributed by atoms with E-state index in [9.17, 15) is 27.6 Å². The Bertz CT molecular complexity index is 3440. The van der Waals surface area contributed by atoms with Crippen molar-refractivity contribution >= 4 is 73.5 Å². The molecule has 0 aliphatic carbocycles. The van der Waals surface area contributed by atoms with Gasteiger partial charge in [0.1, 0.15) is 32.8 Å². The molecule has 0 unspecified atom stereocenters. The summed E-state index contributed by atoms with van der Waals surface area (Å²) in [5, 5.41) is 6.69. The topological polar surface area (TPSA) is 155 Å². The van der Waals surface area contributed by atoms with Gasteiger partial charge >= 0.3 is 11.9 Å². The fraction of sp³-hybridized carbons (Fsp3) is 0.122. The average molecular weight is 946 g/mol. The Hall–Kier alpha value is -7.82. The fourth-order valence-electron chi connectivity index (χ4n) is 7.20. The van der Waals surface area contributed by atoms with E-state index in [0.717, 1.165) is 43.8 Å². The molecule has 0 bridgehead atoms. The van der Waals surface area contributed by atoms with Crippen LogP contribution in [0.4, 0.5) is 24.5 Å². The van der Waals surface area contributed by atoms with Gasteiger partial charge in [0.15, 0.2) is 0 Å². The first-order chi connectivity index (χ1) is 32.2. The summed E-state index contributed by atoms with van der Waals surface area (Å²) in [6.07, 6.45) is -1.80. The number of amides is 1. The molecule has 0 spiro atoms. The van der Waals surface area contributed by atoms with Crippen LogP contribution in [-0.2, 0) is 19.3 Å². The maximum Gasteiger partial charge on any atom is 0.416 e. The lowest BCUT2D eigenvalue weighted by atomic mass is 10.1. The van der Waals surface area contributed by atoms with Crippen LogP contribution in [0.2, 0.25) is 10.3 Å². The van der Waals surface area contributed by atoms with Gasteiger partial charge in [0.2, 0.25) is 0 Å². The molecular formula is C49H37Cl2F3N8O5. The van der Waals surface area contributed by atoms with E-state index in [1.807, 2.05) is 55.5 Å². The van der Waals surface area contributed by atoms with Crippen molar-refractivity contribution in [3.63, 3.8) is 0 Å². The minimum Gasteiger partial charge on any atom is -0.497 e. The van der Waals surface area contributed by atoms with Gasteiger partial charge in [0.05, 0.1) is 65.2 Å². The molecule has 0 saturated heterocycles. The van der Waals surface area contributed by atoms with Crippen molar-refractivity contribution < 1.29 is 27.4 Å². The molecule has 0 saturated carbocycles. The van der Waals surface area contributed by atoms with Crippen LogP contribution in [0.15, 0.2) is 143 Å².